The molecule has 5 nitrogen and oxygen atoms in total. The van der Waals surface area contributed by atoms with Gasteiger partial charge in [0, 0.05) is 30.5 Å². The molecule has 1 amide bonds. The van der Waals surface area contributed by atoms with Gasteiger partial charge in [-0.3, -0.25) is 4.79 Å². The van der Waals surface area contributed by atoms with Gasteiger partial charge in [0.15, 0.2) is 0 Å². The van der Waals surface area contributed by atoms with Crippen LogP contribution in [0, 0.1) is 0 Å². The Hall–Kier alpha value is -2.92. The Balaban J connectivity index is 1.43. The highest BCUT2D eigenvalue weighted by molar-refractivity contribution is 6.30. The van der Waals surface area contributed by atoms with Crippen molar-refractivity contribution in [2.75, 3.05) is 18.4 Å². The molecule has 0 bridgehead atoms. The first-order valence-corrected chi connectivity index (χ1v) is 9.21. The van der Waals surface area contributed by atoms with E-state index in [-0.39, 0.29) is 5.91 Å². The lowest BCUT2D eigenvalue weighted by Crippen LogP contribution is -2.26. The van der Waals surface area contributed by atoms with Gasteiger partial charge >= 0.3 is 0 Å². The number of nitrogens with one attached hydrogen (secondary N) is 2. The van der Waals surface area contributed by atoms with Gasteiger partial charge in [0.25, 0.3) is 5.91 Å². The Morgan fingerprint density at radius 1 is 0.889 bits per heavy atom. The van der Waals surface area contributed by atoms with E-state index in [1.165, 1.54) is 18.0 Å². The number of carbonyl (C=O) groups excluding carboxylic acids is 1. The van der Waals surface area contributed by atoms with Gasteiger partial charge in [-0.15, -0.1) is 0 Å². The highest BCUT2D eigenvalue weighted by Gasteiger charge is 2.07. The highest BCUT2D eigenvalue weighted by atomic mass is 35.5. The first-order valence-electron chi connectivity index (χ1n) is 8.83. The molecule has 2 N–H and O–H groups in total. The van der Waals surface area contributed by atoms with Crippen LogP contribution >= 0.6 is 11.6 Å². The van der Waals surface area contributed by atoms with Gasteiger partial charge in [0.05, 0.1) is 5.56 Å². The highest BCUT2D eigenvalue weighted by Crippen LogP contribution is 2.10. The maximum Gasteiger partial charge on any atom is 0.254 e. The summed E-state index contributed by atoms with van der Waals surface area (Å²) in [5.41, 5.74) is 2.77. The molecule has 1 aromatic heterocycles. The van der Waals surface area contributed by atoms with E-state index in [4.69, 9.17) is 11.6 Å². The average molecular weight is 381 g/mol. The van der Waals surface area contributed by atoms with Crippen molar-refractivity contribution in [1.82, 2.24) is 15.3 Å². The summed E-state index contributed by atoms with van der Waals surface area (Å²) in [6, 6.07) is 17.8. The fourth-order valence-corrected chi connectivity index (χ4v) is 2.83. The summed E-state index contributed by atoms with van der Waals surface area (Å²) >= 11 is 5.96. The van der Waals surface area contributed by atoms with E-state index >= 15 is 0 Å². The summed E-state index contributed by atoms with van der Waals surface area (Å²) in [7, 11) is 0. The molecule has 27 heavy (non-hydrogen) atoms. The fourth-order valence-electron chi connectivity index (χ4n) is 2.61. The minimum Gasteiger partial charge on any atom is -0.354 e. The molecule has 0 spiro atoms. The lowest BCUT2D eigenvalue weighted by molar-refractivity contribution is 0.0953. The van der Waals surface area contributed by atoms with Crippen LogP contribution in [-0.2, 0) is 12.8 Å². The second-order valence-corrected chi connectivity index (χ2v) is 6.53. The van der Waals surface area contributed by atoms with Crippen LogP contribution in [0.15, 0.2) is 67.0 Å². The fraction of sp³-hybridized carbons (Fsp3) is 0.190. The number of halogens is 1. The van der Waals surface area contributed by atoms with Crippen molar-refractivity contribution in [2.45, 2.75) is 12.8 Å². The number of carbonyl (C=O) groups is 1. The predicted molar refractivity (Wildman–Crippen MR) is 108 cm³/mol. The van der Waals surface area contributed by atoms with Gasteiger partial charge < -0.3 is 10.6 Å². The number of nitrogens with zero attached hydrogens (tertiary/aromatic N) is 2. The minimum atomic E-state index is -0.187. The molecular weight excluding hydrogens is 360 g/mol. The van der Waals surface area contributed by atoms with E-state index < -0.39 is 0 Å². The number of anilines is 1. The van der Waals surface area contributed by atoms with Gasteiger partial charge in [-0.05, 0) is 36.1 Å². The van der Waals surface area contributed by atoms with Crippen molar-refractivity contribution in [1.29, 1.82) is 0 Å². The summed E-state index contributed by atoms with van der Waals surface area (Å²) in [6.07, 6.45) is 4.67. The summed E-state index contributed by atoms with van der Waals surface area (Å²) < 4.78 is 0. The first kappa shape index (κ1) is 18.9. The van der Waals surface area contributed by atoms with Crippen LogP contribution < -0.4 is 10.6 Å². The molecular formula is C21H21ClN4O. The van der Waals surface area contributed by atoms with Gasteiger partial charge in [-0.25, -0.2) is 9.97 Å². The normalized spacial score (nSPS) is 10.4. The van der Waals surface area contributed by atoms with E-state index in [1.54, 1.807) is 0 Å². The molecule has 138 valence electrons. The lowest BCUT2D eigenvalue weighted by Gasteiger charge is -2.07. The standard InChI is InChI=1S/C21H21ClN4O/c22-19-8-4-7-17(13-19)10-11-23-20(27)18-14-25-21(26-15-18)24-12-9-16-5-2-1-3-6-16/h1-8,13-15H,9-12H2,(H,23,27)(H,24,25,26). The average Bonchev–Trinajstić information content (AvgIpc) is 2.69. The molecule has 2 aromatic carbocycles. The van der Waals surface area contributed by atoms with Crippen LogP contribution in [0.2, 0.25) is 5.02 Å². The molecule has 0 saturated heterocycles. The Morgan fingerprint density at radius 3 is 2.33 bits per heavy atom. The van der Waals surface area contributed by atoms with Crippen molar-refractivity contribution in [3.63, 3.8) is 0 Å². The summed E-state index contributed by atoms with van der Waals surface area (Å²) in [6.45, 7) is 1.26. The van der Waals surface area contributed by atoms with E-state index in [0.29, 0.717) is 29.5 Å². The topological polar surface area (TPSA) is 66.9 Å². The number of amides is 1. The molecule has 1 heterocycles. The molecule has 0 aliphatic rings. The quantitative estimate of drug-likeness (QED) is 0.624. The summed E-state index contributed by atoms with van der Waals surface area (Å²) in [5.74, 6) is 0.328. The maximum absolute atomic E-state index is 12.2. The van der Waals surface area contributed by atoms with Crippen molar-refractivity contribution >= 4 is 23.5 Å². The Bertz CT molecular complexity index is 869. The third-order valence-corrected chi connectivity index (χ3v) is 4.28. The zero-order chi connectivity index (χ0) is 18.9. The number of hydrogen-bond acceptors (Lipinski definition) is 4. The van der Waals surface area contributed by atoms with Gasteiger partial charge in [-0.2, -0.15) is 0 Å². The molecule has 3 rings (SSSR count). The van der Waals surface area contributed by atoms with Crippen LogP contribution in [0.3, 0.4) is 0 Å². The van der Waals surface area contributed by atoms with Gasteiger partial charge in [-0.1, -0.05) is 54.1 Å². The molecule has 0 unspecified atom stereocenters. The maximum atomic E-state index is 12.2. The molecule has 3 aromatic rings. The van der Waals surface area contributed by atoms with E-state index in [1.807, 2.05) is 42.5 Å². The number of aromatic nitrogens is 2. The second kappa shape index (κ2) is 9.69. The third-order valence-electron chi connectivity index (χ3n) is 4.04. The van der Waals surface area contributed by atoms with E-state index in [0.717, 1.165) is 18.5 Å². The van der Waals surface area contributed by atoms with Crippen molar-refractivity contribution < 1.29 is 4.79 Å². The number of benzene rings is 2. The van der Waals surface area contributed by atoms with Gasteiger partial charge in [0.1, 0.15) is 0 Å². The second-order valence-electron chi connectivity index (χ2n) is 6.09. The molecule has 0 atom stereocenters. The van der Waals surface area contributed by atoms with Crippen LogP contribution in [0.5, 0.6) is 0 Å². The molecule has 0 radical (unpaired) electrons. The smallest absolute Gasteiger partial charge is 0.254 e. The van der Waals surface area contributed by atoms with E-state index in [2.05, 4.69) is 32.7 Å². The van der Waals surface area contributed by atoms with Crippen molar-refractivity contribution in [3.05, 3.63) is 88.7 Å². The lowest BCUT2D eigenvalue weighted by atomic mass is 10.1. The molecule has 0 aliphatic carbocycles. The van der Waals surface area contributed by atoms with Crippen LogP contribution in [0.25, 0.3) is 0 Å². The molecule has 0 fully saturated rings. The van der Waals surface area contributed by atoms with Crippen LogP contribution in [0.4, 0.5) is 5.95 Å². The summed E-state index contributed by atoms with van der Waals surface area (Å²) in [4.78, 5) is 20.6. The van der Waals surface area contributed by atoms with E-state index in [9.17, 15) is 4.79 Å². The third kappa shape index (κ3) is 6.08. The number of rotatable bonds is 8. The SMILES string of the molecule is O=C(NCCc1cccc(Cl)c1)c1cnc(NCCc2ccccc2)nc1. The number of hydrogen-bond donors (Lipinski definition) is 2. The van der Waals surface area contributed by atoms with Crippen molar-refractivity contribution in [3.8, 4) is 0 Å². The zero-order valence-corrected chi connectivity index (χ0v) is 15.6. The Kier molecular flexibility index (Phi) is 6.77. The zero-order valence-electron chi connectivity index (χ0n) is 14.9. The molecule has 6 heteroatoms. The van der Waals surface area contributed by atoms with Gasteiger partial charge in [0.2, 0.25) is 5.95 Å². The first-order chi connectivity index (χ1) is 13.2. The summed E-state index contributed by atoms with van der Waals surface area (Å²) in [5, 5.41) is 6.73. The minimum absolute atomic E-state index is 0.187. The monoisotopic (exact) mass is 380 g/mol. The molecule has 0 aliphatic heterocycles. The van der Waals surface area contributed by atoms with Crippen molar-refractivity contribution in [2.24, 2.45) is 0 Å². The molecule has 0 saturated carbocycles. The predicted octanol–water partition coefficient (Wildman–Crippen LogP) is 3.76. The largest absolute Gasteiger partial charge is 0.354 e. The Morgan fingerprint density at radius 2 is 1.59 bits per heavy atom. The Labute approximate surface area is 163 Å². The van der Waals surface area contributed by atoms with Crippen LogP contribution in [-0.4, -0.2) is 29.0 Å². The van der Waals surface area contributed by atoms with Crippen LogP contribution in [0.1, 0.15) is 21.5 Å².